The number of carbonyl (C=O) groups excluding carboxylic acids is 1. The smallest absolute Gasteiger partial charge is 0.326 e. The molecule has 2 N–H and O–H groups in total. The molecular weight excluding hydrogens is 294 g/mol. The van der Waals surface area contributed by atoms with E-state index in [-0.39, 0.29) is 0 Å². The number of carbonyl (C=O) groups is 2. The molecular formula is C18H19NO4. The number of aliphatic carboxylic acids is 1. The van der Waals surface area contributed by atoms with Crippen molar-refractivity contribution in [2.45, 2.75) is 32.2 Å². The number of hydrogen-bond acceptors (Lipinski definition) is 3. The molecule has 1 unspecified atom stereocenters. The van der Waals surface area contributed by atoms with Crippen LogP contribution in [0.3, 0.4) is 0 Å². The van der Waals surface area contributed by atoms with Crippen molar-refractivity contribution in [3.05, 3.63) is 47.7 Å². The lowest BCUT2D eigenvalue weighted by Gasteiger charge is -2.13. The van der Waals surface area contributed by atoms with Gasteiger partial charge in [-0.3, -0.25) is 4.79 Å². The maximum Gasteiger partial charge on any atom is 0.326 e. The number of carboxylic acid groups (broad SMARTS) is 1. The molecule has 1 atom stereocenters. The molecule has 3 rings (SSSR count). The summed E-state index contributed by atoms with van der Waals surface area (Å²) in [5.74, 6) is 0.108. The molecule has 1 aliphatic rings. The number of amides is 1. The van der Waals surface area contributed by atoms with E-state index in [0.717, 1.165) is 18.4 Å². The van der Waals surface area contributed by atoms with Crippen LogP contribution in [-0.2, 0) is 4.79 Å². The van der Waals surface area contributed by atoms with Crippen LogP contribution in [0.5, 0.6) is 0 Å². The van der Waals surface area contributed by atoms with Crippen LogP contribution in [0.4, 0.5) is 0 Å². The van der Waals surface area contributed by atoms with E-state index in [4.69, 9.17) is 4.42 Å². The van der Waals surface area contributed by atoms with Crippen molar-refractivity contribution in [2.75, 3.05) is 0 Å². The zero-order chi connectivity index (χ0) is 16.4. The summed E-state index contributed by atoms with van der Waals surface area (Å²) in [6, 6.07) is 10.3. The number of benzene rings is 1. The summed E-state index contributed by atoms with van der Waals surface area (Å²) in [6.07, 6.45) is 2.58. The van der Waals surface area contributed by atoms with Gasteiger partial charge in [0.1, 0.15) is 17.6 Å². The minimum absolute atomic E-state index is 0.380. The first-order chi connectivity index (χ1) is 11.0. The highest BCUT2D eigenvalue weighted by Gasteiger charge is 2.31. The van der Waals surface area contributed by atoms with Crippen molar-refractivity contribution in [1.82, 2.24) is 5.32 Å². The van der Waals surface area contributed by atoms with Crippen LogP contribution in [0, 0.1) is 12.8 Å². The fraction of sp³-hybridized carbons (Fsp3) is 0.333. The van der Waals surface area contributed by atoms with E-state index in [1.807, 2.05) is 30.3 Å². The first kappa shape index (κ1) is 15.3. The van der Waals surface area contributed by atoms with Crippen LogP contribution in [0.2, 0.25) is 0 Å². The summed E-state index contributed by atoms with van der Waals surface area (Å²) in [6.45, 7) is 1.71. The van der Waals surface area contributed by atoms with Crippen molar-refractivity contribution in [3.63, 3.8) is 0 Å². The first-order valence-electron chi connectivity index (χ1n) is 7.74. The third-order valence-corrected chi connectivity index (χ3v) is 4.09. The molecule has 1 heterocycles. The van der Waals surface area contributed by atoms with Gasteiger partial charge in [0.25, 0.3) is 5.91 Å². The van der Waals surface area contributed by atoms with E-state index >= 15 is 0 Å². The standard InChI is InChI=1S/C18H19NO4/c1-11-14(10-16(23-11)13-5-3-2-4-6-13)17(20)19-15(18(21)22)9-12-7-8-12/h2-6,10,12,15H,7-9H2,1H3,(H,19,20)(H,21,22). The molecule has 2 aromatic rings. The van der Waals surface area contributed by atoms with Gasteiger partial charge in [-0.25, -0.2) is 4.79 Å². The van der Waals surface area contributed by atoms with Crippen molar-refractivity contribution in [3.8, 4) is 11.3 Å². The van der Waals surface area contributed by atoms with Gasteiger partial charge in [0.05, 0.1) is 5.56 Å². The summed E-state index contributed by atoms with van der Waals surface area (Å²) in [5, 5.41) is 11.9. The highest BCUT2D eigenvalue weighted by molar-refractivity contribution is 5.98. The summed E-state index contributed by atoms with van der Waals surface area (Å²) in [5.41, 5.74) is 1.26. The summed E-state index contributed by atoms with van der Waals surface area (Å²) < 4.78 is 5.65. The molecule has 1 aromatic heterocycles. The maximum absolute atomic E-state index is 12.4. The SMILES string of the molecule is Cc1oc(-c2ccccc2)cc1C(=O)NC(CC1CC1)C(=O)O. The van der Waals surface area contributed by atoms with Gasteiger partial charge in [-0.15, -0.1) is 0 Å². The highest BCUT2D eigenvalue weighted by Crippen LogP contribution is 2.33. The van der Waals surface area contributed by atoms with Crippen LogP contribution < -0.4 is 5.32 Å². The summed E-state index contributed by atoms with van der Waals surface area (Å²) in [7, 11) is 0. The van der Waals surface area contributed by atoms with Gasteiger partial charge >= 0.3 is 5.97 Å². The third kappa shape index (κ3) is 3.62. The fourth-order valence-electron chi connectivity index (χ4n) is 2.60. The average Bonchev–Trinajstić information content (AvgIpc) is 3.27. The normalized spacial score (nSPS) is 15.2. The van der Waals surface area contributed by atoms with E-state index in [2.05, 4.69) is 5.32 Å². The van der Waals surface area contributed by atoms with Crippen molar-refractivity contribution in [2.24, 2.45) is 5.92 Å². The molecule has 120 valence electrons. The Morgan fingerprint density at radius 3 is 2.61 bits per heavy atom. The second-order valence-electron chi connectivity index (χ2n) is 5.99. The van der Waals surface area contributed by atoms with E-state index in [9.17, 15) is 14.7 Å². The highest BCUT2D eigenvalue weighted by atomic mass is 16.4. The molecule has 0 aliphatic heterocycles. The Morgan fingerprint density at radius 2 is 2.00 bits per heavy atom. The molecule has 0 saturated heterocycles. The molecule has 0 bridgehead atoms. The number of hydrogen-bond donors (Lipinski definition) is 2. The minimum Gasteiger partial charge on any atom is -0.480 e. The van der Waals surface area contributed by atoms with Gasteiger partial charge in [-0.05, 0) is 25.3 Å². The summed E-state index contributed by atoms with van der Waals surface area (Å²) >= 11 is 0. The molecule has 1 saturated carbocycles. The number of carboxylic acids is 1. The molecule has 1 amide bonds. The predicted molar refractivity (Wildman–Crippen MR) is 85.1 cm³/mol. The van der Waals surface area contributed by atoms with Gasteiger partial charge in [-0.2, -0.15) is 0 Å². The molecule has 1 aromatic carbocycles. The zero-order valence-corrected chi connectivity index (χ0v) is 12.9. The monoisotopic (exact) mass is 313 g/mol. The van der Waals surface area contributed by atoms with Crippen LogP contribution in [0.15, 0.2) is 40.8 Å². The predicted octanol–water partition coefficient (Wildman–Crippen LogP) is 3.24. The Balaban J connectivity index is 1.76. The van der Waals surface area contributed by atoms with Crippen molar-refractivity contribution >= 4 is 11.9 Å². The van der Waals surface area contributed by atoms with Crippen LogP contribution >= 0.6 is 0 Å². The lowest BCUT2D eigenvalue weighted by atomic mass is 10.1. The molecule has 5 heteroatoms. The Kier molecular flexibility index (Phi) is 4.19. The van der Waals surface area contributed by atoms with Crippen molar-refractivity contribution in [1.29, 1.82) is 0 Å². The Hall–Kier alpha value is -2.56. The molecule has 0 radical (unpaired) electrons. The van der Waals surface area contributed by atoms with Crippen LogP contribution in [0.1, 0.15) is 35.4 Å². The van der Waals surface area contributed by atoms with Gasteiger partial charge < -0.3 is 14.8 Å². The number of furan rings is 1. The lowest BCUT2D eigenvalue weighted by Crippen LogP contribution is -2.41. The van der Waals surface area contributed by atoms with Crippen LogP contribution in [0.25, 0.3) is 11.3 Å². The maximum atomic E-state index is 12.4. The first-order valence-corrected chi connectivity index (χ1v) is 7.74. The number of rotatable bonds is 6. The van der Waals surface area contributed by atoms with E-state index in [1.165, 1.54) is 0 Å². The van der Waals surface area contributed by atoms with Gasteiger partial charge in [0, 0.05) is 5.56 Å². The van der Waals surface area contributed by atoms with Gasteiger partial charge in [0.15, 0.2) is 0 Å². The quantitative estimate of drug-likeness (QED) is 0.858. The third-order valence-electron chi connectivity index (χ3n) is 4.09. The topological polar surface area (TPSA) is 79.5 Å². The van der Waals surface area contributed by atoms with Crippen LogP contribution in [-0.4, -0.2) is 23.0 Å². The van der Waals surface area contributed by atoms with Crippen molar-refractivity contribution < 1.29 is 19.1 Å². The minimum atomic E-state index is -0.991. The average molecular weight is 313 g/mol. The lowest BCUT2D eigenvalue weighted by molar-refractivity contribution is -0.139. The number of aryl methyl sites for hydroxylation is 1. The summed E-state index contributed by atoms with van der Waals surface area (Å²) in [4.78, 5) is 23.7. The molecule has 5 nitrogen and oxygen atoms in total. The number of nitrogens with one attached hydrogen (secondary N) is 1. The molecule has 1 aliphatic carbocycles. The van der Waals surface area contributed by atoms with Gasteiger partial charge in [0.2, 0.25) is 0 Å². The second-order valence-corrected chi connectivity index (χ2v) is 5.99. The molecule has 1 fully saturated rings. The Bertz CT molecular complexity index is 716. The van der Waals surface area contributed by atoms with E-state index in [1.54, 1.807) is 13.0 Å². The molecule has 0 spiro atoms. The molecule has 23 heavy (non-hydrogen) atoms. The second kappa shape index (κ2) is 6.28. The van der Waals surface area contributed by atoms with E-state index in [0.29, 0.717) is 29.4 Å². The largest absolute Gasteiger partial charge is 0.480 e. The van der Waals surface area contributed by atoms with Gasteiger partial charge in [-0.1, -0.05) is 43.2 Å². The Labute approximate surface area is 134 Å². The zero-order valence-electron chi connectivity index (χ0n) is 12.9. The Morgan fingerprint density at radius 1 is 1.30 bits per heavy atom. The van der Waals surface area contributed by atoms with E-state index < -0.39 is 17.9 Å². The fourth-order valence-corrected chi connectivity index (χ4v) is 2.60.